The summed E-state index contributed by atoms with van der Waals surface area (Å²) in [5, 5.41) is 0.629. The minimum absolute atomic E-state index is 0.00504. The molecule has 0 radical (unpaired) electrons. The average Bonchev–Trinajstić information content (AvgIpc) is 3.12. The molecule has 0 unspecified atom stereocenters. The first kappa shape index (κ1) is 26.7. The van der Waals surface area contributed by atoms with Gasteiger partial charge >= 0.3 is 5.69 Å². The molecule has 3 aromatic rings. The summed E-state index contributed by atoms with van der Waals surface area (Å²) in [4.78, 5) is 22.7. The molecule has 3 atom stereocenters. The van der Waals surface area contributed by atoms with Crippen molar-refractivity contribution >= 4 is 39.9 Å². The molecular formula is C28H30Cl2F2N4O3. The zero-order valence-electron chi connectivity index (χ0n) is 21.9. The van der Waals surface area contributed by atoms with Crippen LogP contribution in [-0.4, -0.2) is 66.0 Å². The van der Waals surface area contributed by atoms with Crippen LogP contribution in [0, 0.1) is 17.6 Å². The topological polar surface area (TPSA) is 59.8 Å². The van der Waals surface area contributed by atoms with E-state index in [2.05, 4.69) is 28.6 Å². The predicted octanol–water partition coefficient (Wildman–Crippen LogP) is 5.37. The molecule has 4 heterocycles. The zero-order valence-corrected chi connectivity index (χ0v) is 23.4. The Morgan fingerprint density at radius 2 is 1.77 bits per heavy atom. The Balaban J connectivity index is 1.61. The summed E-state index contributed by atoms with van der Waals surface area (Å²) in [6.07, 6.45) is 2.07. The molecule has 6 rings (SSSR count). The predicted molar refractivity (Wildman–Crippen MR) is 148 cm³/mol. The summed E-state index contributed by atoms with van der Waals surface area (Å²) in [6.45, 7) is 8.23. The van der Waals surface area contributed by atoms with Gasteiger partial charge in [0.15, 0.2) is 5.75 Å². The number of aromatic nitrogens is 2. The second kappa shape index (κ2) is 10.5. The number of nitrogens with zero attached hydrogens (tertiary/aromatic N) is 4. The largest absolute Gasteiger partial charge is 0.489 e. The van der Waals surface area contributed by atoms with E-state index in [1.165, 1.54) is 6.07 Å². The third kappa shape index (κ3) is 4.77. The summed E-state index contributed by atoms with van der Waals surface area (Å²) >= 11 is 12.9. The summed E-state index contributed by atoms with van der Waals surface area (Å²) in [6, 6.07) is 3.70. The maximum atomic E-state index is 15.2. The number of morpholine rings is 1. The highest BCUT2D eigenvalue weighted by molar-refractivity contribution is 6.35. The normalized spacial score (nSPS) is 24.1. The van der Waals surface area contributed by atoms with Crippen molar-refractivity contribution in [3.63, 3.8) is 0 Å². The molecule has 0 aliphatic carbocycles. The first-order chi connectivity index (χ1) is 18.7. The van der Waals surface area contributed by atoms with Gasteiger partial charge < -0.3 is 14.4 Å². The first-order valence-electron chi connectivity index (χ1n) is 13.4. The van der Waals surface area contributed by atoms with E-state index in [0.717, 1.165) is 25.5 Å². The monoisotopic (exact) mass is 578 g/mol. The quantitative estimate of drug-likeness (QED) is 0.390. The van der Waals surface area contributed by atoms with Crippen LogP contribution in [0.4, 0.5) is 14.6 Å². The van der Waals surface area contributed by atoms with Gasteiger partial charge in [0.1, 0.15) is 24.1 Å². The molecule has 7 nitrogen and oxygen atoms in total. The molecule has 2 saturated heterocycles. The lowest BCUT2D eigenvalue weighted by atomic mass is 9.94. The van der Waals surface area contributed by atoms with Gasteiger partial charge in [-0.05, 0) is 37.8 Å². The molecule has 39 heavy (non-hydrogen) atoms. The van der Waals surface area contributed by atoms with E-state index in [1.54, 1.807) is 10.6 Å². The molecule has 3 aliphatic heterocycles. The maximum absolute atomic E-state index is 15.2. The van der Waals surface area contributed by atoms with Crippen LogP contribution in [0.15, 0.2) is 23.0 Å². The Bertz CT molecular complexity index is 1490. The smallest absolute Gasteiger partial charge is 0.350 e. The molecular weight excluding hydrogens is 549 g/mol. The molecule has 208 valence electrons. The number of benzene rings is 2. The molecule has 11 heteroatoms. The van der Waals surface area contributed by atoms with Crippen LogP contribution in [0.2, 0.25) is 10.0 Å². The van der Waals surface area contributed by atoms with Gasteiger partial charge in [0.2, 0.25) is 0 Å². The Morgan fingerprint density at radius 1 is 1.00 bits per heavy atom. The maximum Gasteiger partial charge on any atom is 0.350 e. The fraction of sp³-hybridized carbons (Fsp3) is 0.500. The van der Waals surface area contributed by atoms with E-state index < -0.39 is 17.3 Å². The van der Waals surface area contributed by atoms with Crippen molar-refractivity contribution in [3.05, 3.63) is 50.4 Å². The van der Waals surface area contributed by atoms with Gasteiger partial charge in [-0.25, -0.2) is 13.6 Å². The highest BCUT2D eigenvalue weighted by Crippen LogP contribution is 2.47. The van der Waals surface area contributed by atoms with E-state index in [-0.39, 0.29) is 45.6 Å². The van der Waals surface area contributed by atoms with Crippen molar-refractivity contribution in [2.75, 3.05) is 44.4 Å². The third-order valence-corrected chi connectivity index (χ3v) is 8.78. The minimum atomic E-state index is -0.870. The molecule has 0 spiro atoms. The first-order valence-corrected chi connectivity index (χ1v) is 14.1. The van der Waals surface area contributed by atoms with Crippen LogP contribution < -0.4 is 15.3 Å². The fourth-order valence-electron chi connectivity index (χ4n) is 6.05. The van der Waals surface area contributed by atoms with Gasteiger partial charge in [0, 0.05) is 54.8 Å². The number of ether oxygens (including phenoxy) is 2. The van der Waals surface area contributed by atoms with Gasteiger partial charge in [-0.2, -0.15) is 4.98 Å². The Morgan fingerprint density at radius 3 is 2.54 bits per heavy atom. The highest BCUT2D eigenvalue weighted by atomic mass is 35.5. The van der Waals surface area contributed by atoms with Gasteiger partial charge in [-0.1, -0.05) is 30.1 Å². The Kier molecular flexibility index (Phi) is 7.20. The number of hydrogen-bond donors (Lipinski definition) is 0. The second-order valence-corrected chi connectivity index (χ2v) is 11.6. The van der Waals surface area contributed by atoms with Crippen LogP contribution in [0.25, 0.3) is 22.0 Å². The Hall–Kier alpha value is -2.46. The van der Waals surface area contributed by atoms with Crippen LogP contribution >= 0.6 is 23.2 Å². The molecule has 0 N–H and O–H groups in total. The Labute approximate surface area is 235 Å². The number of halogens is 4. The molecule has 2 fully saturated rings. The SMILES string of the molecule is C[C@H]1CC[C@H](C)N(c2nc(=O)n3c4c(c(-c5cc(Cl)c(F)cc5F)c(Cl)cc24)OC[C@H](N2CCOCC2)C3)C1. The van der Waals surface area contributed by atoms with E-state index in [4.69, 9.17) is 32.7 Å². The fourth-order valence-corrected chi connectivity index (χ4v) is 6.51. The van der Waals surface area contributed by atoms with Crippen LogP contribution in [0.3, 0.4) is 0 Å². The number of hydrogen-bond acceptors (Lipinski definition) is 6. The van der Waals surface area contributed by atoms with Gasteiger partial charge in [0.25, 0.3) is 0 Å². The molecule has 0 bridgehead atoms. The number of rotatable bonds is 3. The molecule has 0 amide bonds. The molecule has 2 aromatic carbocycles. The van der Waals surface area contributed by atoms with Crippen LogP contribution in [0.5, 0.6) is 5.75 Å². The van der Waals surface area contributed by atoms with Crippen LogP contribution in [0.1, 0.15) is 26.7 Å². The van der Waals surface area contributed by atoms with Crippen molar-refractivity contribution in [1.29, 1.82) is 0 Å². The molecule has 1 aromatic heterocycles. The number of piperidine rings is 1. The van der Waals surface area contributed by atoms with Crippen molar-refractivity contribution in [3.8, 4) is 16.9 Å². The minimum Gasteiger partial charge on any atom is -0.489 e. The summed E-state index contributed by atoms with van der Waals surface area (Å²) in [5.41, 5.74) is 0.339. The lowest BCUT2D eigenvalue weighted by Crippen LogP contribution is -2.48. The van der Waals surface area contributed by atoms with Crippen molar-refractivity contribution in [1.82, 2.24) is 14.5 Å². The summed E-state index contributed by atoms with van der Waals surface area (Å²) < 4.78 is 42.9. The molecule has 0 saturated carbocycles. The van der Waals surface area contributed by atoms with Crippen molar-refractivity contribution in [2.45, 2.75) is 45.3 Å². The summed E-state index contributed by atoms with van der Waals surface area (Å²) in [5.74, 6) is -0.443. The second-order valence-electron chi connectivity index (χ2n) is 10.8. The van der Waals surface area contributed by atoms with Gasteiger partial charge in [0.05, 0.1) is 34.8 Å². The van der Waals surface area contributed by atoms with Gasteiger partial charge in [-0.15, -0.1) is 0 Å². The lowest BCUT2D eigenvalue weighted by molar-refractivity contribution is 0.00339. The third-order valence-electron chi connectivity index (χ3n) is 8.19. The lowest BCUT2D eigenvalue weighted by Gasteiger charge is -2.38. The van der Waals surface area contributed by atoms with Gasteiger partial charge in [-0.3, -0.25) is 9.47 Å². The average molecular weight is 579 g/mol. The van der Waals surface area contributed by atoms with E-state index in [0.29, 0.717) is 55.5 Å². The summed E-state index contributed by atoms with van der Waals surface area (Å²) in [7, 11) is 0. The van der Waals surface area contributed by atoms with Crippen LogP contribution in [-0.2, 0) is 11.3 Å². The van der Waals surface area contributed by atoms with Crippen molar-refractivity contribution in [2.24, 2.45) is 5.92 Å². The standard InChI is InChI=1S/C28H30Cl2F2N4O3/c1-15-3-4-16(2)35(12-15)27-19-10-21(30)24(18-9-20(29)23(32)11-22(18)31)26-25(19)36(28(37)33-27)13-17(14-39-26)34-5-7-38-8-6-34/h9-11,15-17H,3-8,12-14H2,1-2H3/t15-,16-,17+/m0/s1. The van der Waals surface area contributed by atoms with E-state index >= 15 is 4.39 Å². The molecule has 3 aliphatic rings. The number of anilines is 1. The van der Waals surface area contributed by atoms with E-state index in [9.17, 15) is 9.18 Å². The zero-order chi connectivity index (χ0) is 27.4. The van der Waals surface area contributed by atoms with Crippen molar-refractivity contribution < 1.29 is 18.3 Å². The highest BCUT2D eigenvalue weighted by Gasteiger charge is 2.33. The van der Waals surface area contributed by atoms with E-state index in [1.807, 2.05) is 0 Å².